The number of carbonyl (C=O) groups is 1. The third-order valence-corrected chi connectivity index (χ3v) is 6.62. The summed E-state index contributed by atoms with van der Waals surface area (Å²) in [5.41, 5.74) is 3.12. The van der Waals surface area contributed by atoms with Crippen molar-refractivity contribution >= 4 is 33.2 Å². The summed E-state index contributed by atoms with van der Waals surface area (Å²) in [6.07, 6.45) is 1.24. The molecule has 1 amide bonds. The SMILES string of the molecule is Cc1c(Cl)cccc1NC(=O)c1cccc(CN2CCN(S(C)(=O)=O)CC2)c1. The van der Waals surface area contributed by atoms with Crippen molar-refractivity contribution in [3.05, 3.63) is 64.2 Å². The Morgan fingerprint density at radius 2 is 1.79 bits per heavy atom. The van der Waals surface area contributed by atoms with E-state index in [1.807, 2.05) is 31.2 Å². The highest BCUT2D eigenvalue weighted by atomic mass is 35.5. The predicted octanol–water partition coefficient (Wildman–Crippen LogP) is 2.98. The quantitative estimate of drug-likeness (QED) is 0.805. The molecule has 0 unspecified atom stereocenters. The van der Waals surface area contributed by atoms with Crippen LogP contribution in [-0.2, 0) is 16.6 Å². The fourth-order valence-corrected chi connectivity index (χ4v) is 4.23. The van der Waals surface area contributed by atoms with Gasteiger partial charge in [-0.3, -0.25) is 9.69 Å². The summed E-state index contributed by atoms with van der Waals surface area (Å²) in [6, 6.07) is 12.9. The molecule has 2 aromatic rings. The average Bonchev–Trinajstić information content (AvgIpc) is 2.65. The Morgan fingerprint density at radius 1 is 1.11 bits per heavy atom. The van der Waals surface area contributed by atoms with Crippen LogP contribution in [0.2, 0.25) is 5.02 Å². The van der Waals surface area contributed by atoms with Crippen molar-refractivity contribution in [3.8, 4) is 0 Å². The molecule has 0 saturated carbocycles. The first-order valence-corrected chi connectivity index (χ1v) is 11.3. The maximum Gasteiger partial charge on any atom is 0.255 e. The van der Waals surface area contributed by atoms with Gasteiger partial charge in [0.25, 0.3) is 5.91 Å². The van der Waals surface area contributed by atoms with Gasteiger partial charge < -0.3 is 5.32 Å². The molecule has 3 rings (SSSR count). The van der Waals surface area contributed by atoms with E-state index in [0.29, 0.717) is 49.0 Å². The number of amides is 1. The largest absolute Gasteiger partial charge is 0.322 e. The lowest BCUT2D eigenvalue weighted by Crippen LogP contribution is -2.47. The molecule has 0 atom stereocenters. The summed E-state index contributed by atoms with van der Waals surface area (Å²) in [6.45, 7) is 4.87. The molecular formula is C20H24ClN3O3S. The zero-order valence-electron chi connectivity index (χ0n) is 16.0. The van der Waals surface area contributed by atoms with Crippen LogP contribution in [0.3, 0.4) is 0 Å². The van der Waals surface area contributed by atoms with Gasteiger partial charge in [0.05, 0.1) is 6.26 Å². The van der Waals surface area contributed by atoms with E-state index < -0.39 is 10.0 Å². The van der Waals surface area contributed by atoms with Gasteiger partial charge in [-0.05, 0) is 42.3 Å². The van der Waals surface area contributed by atoms with Gasteiger partial charge in [0.15, 0.2) is 0 Å². The Labute approximate surface area is 171 Å². The molecule has 0 aromatic heterocycles. The van der Waals surface area contributed by atoms with E-state index in [0.717, 1.165) is 11.1 Å². The van der Waals surface area contributed by atoms with Gasteiger partial charge in [0.2, 0.25) is 10.0 Å². The number of hydrogen-bond donors (Lipinski definition) is 1. The molecule has 1 N–H and O–H groups in total. The van der Waals surface area contributed by atoms with E-state index in [1.54, 1.807) is 18.2 Å². The first-order valence-electron chi connectivity index (χ1n) is 9.07. The van der Waals surface area contributed by atoms with Gasteiger partial charge in [-0.1, -0.05) is 29.8 Å². The van der Waals surface area contributed by atoms with Crippen molar-refractivity contribution < 1.29 is 13.2 Å². The number of hydrogen-bond acceptors (Lipinski definition) is 4. The fraction of sp³-hybridized carbons (Fsp3) is 0.350. The van der Waals surface area contributed by atoms with Crippen molar-refractivity contribution in [2.45, 2.75) is 13.5 Å². The molecule has 1 saturated heterocycles. The van der Waals surface area contributed by atoms with Crippen molar-refractivity contribution in [3.63, 3.8) is 0 Å². The zero-order chi connectivity index (χ0) is 20.3. The van der Waals surface area contributed by atoms with Gasteiger partial charge in [0.1, 0.15) is 0 Å². The maximum absolute atomic E-state index is 12.6. The molecule has 8 heteroatoms. The van der Waals surface area contributed by atoms with Crippen molar-refractivity contribution in [1.82, 2.24) is 9.21 Å². The summed E-state index contributed by atoms with van der Waals surface area (Å²) in [5, 5.41) is 3.52. The van der Waals surface area contributed by atoms with Crippen molar-refractivity contribution in [2.75, 3.05) is 37.8 Å². The number of carbonyl (C=O) groups excluding carboxylic acids is 1. The van der Waals surface area contributed by atoms with E-state index in [2.05, 4.69) is 10.2 Å². The third-order valence-electron chi connectivity index (χ3n) is 4.91. The van der Waals surface area contributed by atoms with E-state index in [9.17, 15) is 13.2 Å². The molecule has 2 aromatic carbocycles. The minimum absolute atomic E-state index is 0.186. The van der Waals surface area contributed by atoms with Crippen LogP contribution in [0.4, 0.5) is 5.69 Å². The second-order valence-corrected chi connectivity index (χ2v) is 9.39. The molecule has 150 valence electrons. The highest BCUT2D eigenvalue weighted by Gasteiger charge is 2.23. The van der Waals surface area contributed by atoms with Crippen LogP contribution in [-0.4, -0.2) is 56.0 Å². The van der Waals surface area contributed by atoms with E-state index in [-0.39, 0.29) is 5.91 Å². The molecule has 28 heavy (non-hydrogen) atoms. The van der Waals surface area contributed by atoms with Crippen LogP contribution < -0.4 is 5.32 Å². The number of halogens is 1. The number of nitrogens with one attached hydrogen (secondary N) is 1. The van der Waals surface area contributed by atoms with Gasteiger partial charge in [0, 0.05) is 49.0 Å². The van der Waals surface area contributed by atoms with Crippen molar-refractivity contribution in [2.24, 2.45) is 0 Å². The van der Waals surface area contributed by atoms with Gasteiger partial charge in [-0.2, -0.15) is 4.31 Å². The Bertz CT molecular complexity index is 970. The van der Waals surface area contributed by atoms with Crippen LogP contribution in [0.1, 0.15) is 21.5 Å². The third kappa shape index (κ3) is 5.11. The van der Waals surface area contributed by atoms with Crippen LogP contribution in [0.5, 0.6) is 0 Å². The molecule has 1 fully saturated rings. The number of piperazine rings is 1. The first kappa shape index (κ1) is 20.8. The molecule has 0 aliphatic carbocycles. The van der Waals surface area contributed by atoms with Gasteiger partial charge in [-0.25, -0.2) is 8.42 Å². The molecular weight excluding hydrogens is 398 g/mol. The number of rotatable bonds is 5. The number of benzene rings is 2. The van der Waals surface area contributed by atoms with Crippen LogP contribution >= 0.6 is 11.6 Å². The average molecular weight is 422 g/mol. The highest BCUT2D eigenvalue weighted by Crippen LogP contribution is 2.23. The standard InChI is InChI=1S/C20H24ClN3O3S/c1-15-18(21)7-4-8-19(15)22-20(25)17-6-3-5-16(13-17)14-23-9-11-24(12-10-23)28(2,26)27/h3-8,13H,9-12,14H2,1-2H3,(H,22,25). The molecule has 1 heterocycles. The molecule has 1 aliphatic rings. The topological polar surface area (TPSA) is 69.7 Å². The molecule has 6 nitrogen and oxygen atoms in total. The lowest BCUT2D eigenvalue weighted by atomic mass is 10.1. The fourth-order valence-electron chi connectivity index (χ4n) is 3.23. The van der Waals surface area contributed by atoms with Gasteiger partial charge >= 0.3 is 0 Å². The van der Waals surface area contributed by atoms with Crippen LogP contribution in [0, 0.1) is 6.92 Å². The van der Waals surface area contributed by atoms with Crippen LogP contribution in [0.15, 0.2) is 42.5 Å². The Balaban J connectivity index is 1.64. The Kier molecular flexibility index (Phi) is 6.40. The Hall–Kier alpha value is -1.93. The smallest absolute Gasteiger partial charge is 0.255 e. The zero-order valence-corrected chi connectivity index (χ0v) is 17.6. The molecule has 0 spiro atoms. The van der Waals surface area contributed by atoms with E-state index in [1.165, 1.54) is 10.6 Å². The van der Waals surface area contributed by atoms with Crippen molar-refractivity contribution in [1.29, 1.82) is 0 Å². The van der Waals surface area contributed by atoms with E-state index >= 15 is 0 Å². The monoisotopic (exact) mass is 421 g/mol. The van der Waals surface area contributed by atoms with Crippen LogP contribution in [0.25, 0.3) is 0 Å². The summed E-state index contributed by atoms with van der Waals surface area (Å²) in [4.78, 5) is 14.8. The lowest BCUT2D eigenvalue weighted by molar-refractivity contribution is 0.102. The summed E-state index contributed by atoms with van der Waals surface area (Å²) < 4.78 is 24.7. The summed E-state index contributed by atoms with van der Waals surface area (Å²) >= 11 is 6.12. The second-order valence-electron chi connectivity index (χ2n) is 7.01. The molecule has 0 bridgehead atoms. The second kappa shape index (κ2) is 8.61. The Morgan fingerprint density at radius 3 is 2.46 bits per heavy atom. The minimum atomic E-state index is -3.13. The number of nitrogens with zero attached hydrogens (tertiary/aromatic N) is 2. The predicted molar refractivity (Wildman–Crippen MR) is 112 cm³/mol. The normalized spacial score (nSPS) is 16.1. The number of sulfonamides is 1. The van der Waals surface area contributed by atoms with E-state index in [4.69, 9.17) is 11.6 Å². The first-order chi connectivity index (χ1) is 13.2. The molecule has 1 aliphatic heterocycles. The van der Waals surface area contributed by atoms with Gasteiger partial charge in [-0.15, -0.1) is 0 Å². The lowest BCUT2D eigenvalue weighted by Gasteiger charge is -2.33. The minimum Gasteiger partial charge on any atom is -0.322 e. The maximum atomic E-state index is 12.6. The summed E-state index contributed by atoms with van der Waals surface area (Å²) in [7, 11) is -3.13. The summed E-state index contributed by atoms with van der Waals surface area (Å²) in [5.74, 6) is -0.186. The number of anilines is 1. The highest BCUT2D eigenvalue weighted by molar-refractivity contribution is 7.88. The molecule has 0 radical (unpaired) electrons.